The maximum Gasteiger partial charge on any atom is 0.302 e. The third-order valence-electron chi connectivity index (χ3n) is 2.18. The Kier molecular flexibility index (Phi) is 3.58. The topological polar surface area (TPSA) is 75.1 Å². The molecule has 0 saturated heterocycles. The molecular formula is C8H13N3O2. The molecular weight excluding hydrogens is 170 g/mol. The van der Waals surface area contributed by atoms with Crippen LogP contribution < -0.4 is 0 Å². The number of hydrogen-bond donors (Lipinski definition) is 0. The van der Waals surface area contributed by atoms with Gasteiger partial charge in [0.05, 0.1) is 6.04 Å². The number of ether oxygens (including phenoxy) is 1. The molecule has 13 heavy (non-hydrogen) atoms. The normalized spacial score (nSPS) is 27.5. The first kappa shape index (κ1) is 9.86. The maximum absolute atomic E-state index is 10.7. The number of hydrogen-bond acceptors (Lipinski definition) is 3. The zero-order chi connectivity index (χ0) is 9.68. The van der Waals surface area contributed by atoms with Crippen molar-refractivity contribution in [2.24, 2.45) is 5.11 Å². The minimum absolute atomic E-state index is 0.164. The molecule has 0 aromatic rings. The predicted molar refractivity (Wildman–Crippen MR) is 47.0 cm³/mol. The van der Waals surface area contributed by atoms with Crippen molar-refractivity contribution in [1.82, 2.24) is 0 Å². The standard InChI is InChI=1S/C8H13N3O2/c1-6(12)13-8-5-3-2-4-7(8)10-11-9/h7-8H,2-5H2,1H3/t7-,8-/m1/s1. The van der Waals surface area contributed by atoms with Crippen LogP contribution in [0.25, 0.3) is 10.4 Å². The van der Waals surface area contributed by atoms with Gasteiger partial charge in [0, 0.05) is 11.8 Å². The molecule has 0 N–H and O–H groups in total. The molecule has 0 bridgehead atoms. The van der Waals surface area contributed by atoms with Crippen LogP contribution in [-0.2, 0) is 9.53 Å². The molecule has 0 heterocycles. The first-order valence-corrected chi connectivity index (χ1v) is 4.45. The molecule has 2 atom stereocenters. The van der Waals surface area contributed by atoms with Gasteiger partial charge in [-0.2, -0.15) is 0 Å². The summed E-state index contributed by atoms with van der Waals surface area (Å²) < 4.78 is 5.05. The van der Waals surface area contributed by atoms with E-state index in [-0.39, 0.29) is 18.1 Å². The summed E-state index contributed by atoms with van der Waals surface area (Å²) in [6, 6.07) is -0.164. The highest BCUT2D eigenvalue weighted by Crippen LogP contribution is 2.23. The number of esters is 1. The van der Waals surface area contributed by atoms with Crippen LogP contribution in [0.3, 0.4) is 0 Å². The highest BCUT2D eigenvalue weighted by atomic mass is 16.5. The van der Waals surface area contributed by atoms with Crippen molar-refractivity contribution in [3.05, 3.63) is 10.4 Å². The Morgan fingerprint density at radius 1 is 1.54 bits per heavy atom. The van der Waals surface area contributed by atoms with Gasteiger partial charge in [-0.1, -0.05) is 11.5 Å². The summed E-state index contributed by atoms with van der Waals surface area (Å²) in [5.74, 6) is -0.301. The van der Waals surface area contributed by atoms with Crippen molar-refractivity contribution < 1.29 is 9.53 Å². The van der Waals surface area contributed by atoms with E-state index in [1.807, 2.05) is 0 Å². The monoisotopic (exact) mass is 183 g/mol. The summed E-state index contributed by atoms with van der Waals surface area (Å²) in [4.78, 5) is 13.5. The fourth-order valence-corrected chi connectivity index (χ4v) is 1.63. The van der Waals surface area contributed by atoms with Crippen LogP contribution in [0.1, 0.15) is 32.6 Å². The molecule has 1 rings (SSSR count). The number of carbonyl (C=O) groups is 1. The lowest BCUT2D eigenvalue weighted by Crippen LogP contribution is -2.32. The van der Waals surface area contributed by atoms with Crippen molar-refractivity contribution in [2.75, 3.05) is 0 Å². The predicted octanol–water partition coefficient (Wildman–Crippen LogP) is 2.17. The third kappa shape index (κ3) is 2.95. The molecule has 1 fully saturated rings. The number of azide groups is 1. The Morgan fingerprint density at radius 3 is 2.85 bits per heavy atom. The highest BCUT2D eigenvalue weighted by molar-refractivity contribution is 5.66. The molecule has 0 aliphatic heterocycles. The Morgan fingerprint density at radius 2 is 2.23 bits per heavy atom. The molecule has 1 saturated carbocycles. The molecule has 0 unspecified atom stereocenters. The molecule has 5 nitrogen and oxygen atoms in total. The summed E-state index contributed by atoms with van der Waals surface area (Å²) in [7, 11) is 0. The lowest BCUT2D eigenvalue weighted by molar-refractivity contribution is -0.148. The molecule has 0 aromatic heterocycles. The second-order valence-corrected chi connectivity index (χ2v) is 3.20. The van der Waals surface area contributed by atoms with Crippen LogP contribution in [-0.4, -0.2) is 18.1 Å². The zero-order valence-electron chi connectivity index (χ0n) is 7.64. The molecule has 0 radical (unpaired) electrons. The molecule has 1 aliphatic carbocycles. The van der Waals surface area contributed by atoms with E-state index in [4.69, 9.17) is 10.3 Å². The van der Waals surface area contributed by atoms with Crippen molar-refractivity contribution in [2.45, 2.75) is 44.8 Å². The van der Waals surface area contributed by atoms with Crippen LogP contribution in [0.4, 0.5) is 0 Å². The van der Waals surface area contributed by atoms with Crippen LogP contribution in [0.5, 0.6) is 0 Å². The largest absolute Gasteiger partial charge is 0.462 e. The van der Waals surface area contributed by atoms with E-state index in [1.54, 1.807) is 0 Å². The molecule has 0 amide bonds. The van der Waals surface area contributed by atoms with Gasteiger partial charge in [0.1, 0.15) is 6.10 Å². The van der Waals surface area contributed by atoms with Gasteiger partial charge >= 0.3 is 5.97 Å². The molecule has 72 valence electrons. The number of carbonyl (C=O) groups excluding carboxylic acids is 1. The molecule has 5 heteroatoms. The SMILES string of the molecule is CC(=O)O[C@@H]1CCCC[C@H]1N=[N+]=[N-]. The first-order chi connectivity index (χ1) is 6.24. The van der Waals surface area contributed by atoms with Gasteiger partial charge in [-0.3, -0.25) is 4.79 Å². The van der Waals surface area contributed by atoms with Crippen molar-refractivity contribution in [3.8, 4) is 0 Å². The lowest BCUT2D eigenvalue weighted by Gasteiger charge is -2.27. The van der Waals surface area contributed by atoms with Crippen molar-refractivity contribution in [3.63, 3.8) is 0 Å². The maximum atomic E-state index is 10.7. The van der Waals surface area contributed by atoms with E-state index >= 15 is 0 Å². The van der Waals surface area contributed by atoms with E-state index in [0.717, 1.165) is 25.7 Å². The summed E-state index contributed by atoms with van der Waals surface area (Å²) in [5, 5.41) is 3.62. The number of nitrogens with zero attached hydrogens (tertiary/aromatic N) is 3. The van der Waals surface area contributed by atoms with Gasteiger partial charge in [0.15, 0.2) is 0 Å². The molecule has 0 spiro atoms. The first-order valence-electron chi connectivity index (χ1n) is 4.45. The van der Waals surface area contributed by atoms with Crippen LogP contribution >= 0.6 is 0 Å². The Hall–Kier alpha value is -1.22. The van der Waals surface area contributed by atoms with Crippen LogP contribution in [0, 0.1) is 0 Å². The van der Waals surface area contributed by atoms with Crippen molar-refractivity contribution in [1.29, 1.82) is 0 Å². The fourth-order valence-electron chi connectivity index (χ4n) is 1.63. The lowest BCUT2D eigenvalue weighted by atomic mass is 9.93. The van der Waals surface area contributed by atoms with E-state index in [0.29, 0.717) is 0 Å². The number of rotatable bonds is 2. The zero-order valence-corrected chi connectivity index (χ0v) is 7.64. The van der Waals surface area contributed by atoms with Gasteiger partial charge in [0.2, 0.25) is 0 Å². The van der Waals surface area contributed by atoms with Gasteiger partial charge in [-0.25, -0.2) is 0 Å². The summed E-state index contributed by atoms with van der Waals surface area (Å²) in [6.07, 6.45) is 3.50. The van der Waals surface area contributed by atoms with Crippen LogP contribution in [0.2, 0.25) is 0 Å². The van der Waals surface area contributed by atoms with Gasteiger partial charge < -0.3 is 4.74 Å². The average molecular weight is 183 g/mol. The average Bonchev–Trinajstić information content (AvgIpc) is 2.08. The molecule has 1 aliphatic rings. The summed E-state index contributed by atoms with van der Waals surface area (Å²) >= 11 is 0. The Bertz CT molecular complexity index is 236. The van der Waals surface area contributed by atoms with E-state index < -0.39 is 0 Å². The minimum Gasteiger partial charge on any atom is -0.462 e. The fraction of sp³-hybridized carbons (Fsp3) is 0.875. The second kappa shape index (κ2) is 4.72. The van der Waals surface area contributed by atoms with E-state index in [2.05, 4.69) is 10.0 Å². The second-order valence-electron chi connectivity index (χ2n) is 3.20. The molecule has 0 aromatic carbocycles. The van der Waals surface area contributed by atoms with Crippen molar-refractivity contribution >= 4 is 5.97 Å². The minimum atomic E-state index is -0.301. The summed E-state index contributed by atoms with van der Waals surface area (Å²) in [5.41, 5.74) is 8.29. The Balaban J connectivity index is 2.55. The van der Waals surface area contributed by atoms with E-state index in [1.165, 1.54) is 6.92 Å². The quantitative estimate of drug-likeness (QED) is 0.285. The smallest absolute Gasteiger partial charge is 0.302 e. The Labute approximate surface area is 76.7 Å². The van der Waals surface area contributed by atoms with E-state index in [9.17, 15) is 4.79 Å². The highest BCUT2D eigenvalue weighted by Gasteiger charge is 2.26. The third-order valence-corrected chi connectivity index (χ3v) is 2.18. The van der Waals surface area contributed by atoms with Gasteiger partial charge in [-0.05, 0) is 24.8 Å². The van der Waals surface area contributed by atoms with Gasteiger partial charge in [-0.15, -0.1) is 0 Å². The summed E-state index contributed by atoms with van der Waals surface area (Å²) in [6.45, 7) is 1.38. The van der Waals surface area contributed by atoms with Crippen LogP contribution in [0.15, 0.2) is 5.11 Å². The van der Waals surface area contributed by atoms with Gasteiger partial charge in [0.25, 0.3) is 0 Å².